The number of benzene rings is 1. The molecule has 0 aliphatic rings. The number of pyridine rings is 1. The van der Waals surface area contributed by atoms with Crippen molar-refractivity contribution in [2.75, 3.05) is 6.61 Å². The van der Waals surface area contributed by atoms with Gasteiger partial charge >= 0.3 is 0 Å². The molecule has 0 fully saturated rings. The standard InChI is InChI=1S/C18H17N5O2/c24-11-10-23-18(14-12-22-9-5-4-8-15(22)19-14)20-17(21-23)16(25)13-6-2-1-3-7-13/h1-9,12,16,24-25H,10-11H2/t16-/m1/s1. The van der Waals surface area contributed by atoms with Crippen LogP contribution in [-0.4, -0.2) is 41.0 Å². The van der Waals surface area contributed by atoms with Crippen molar-refractivity contribution < 1.29 is 10.2 Å². The van der Waals surface area contributed by atoms with Crippen molar-refractivity contribution in [3.05, 3.63) is 72.3 Å². The Morgan fingerprint density at radius 3 is 2.56 bits per heavy atom. The fourth-order valence-corrected chi connectivity index (χ4v) is 2.74. The van der Waals surface area contributed by atoms with Gasteiger partial charge in [-0.25, -0.2) is 14.6 Å². The number of aromatic nitrogens is 5. The molecule has 4 rings (SSSR count). The van der Waals surface area contributed by atoms with Crippen molar-refractivity contribution in [3.63, 3.8) is 0 Å². The summed E-state index contributed by atoms with van der Waals surface area (Å²) in [4.78, 5) is 9.03. The third-order valence-corrected chi connectivity index (χ3v) is 3.95. The minimum Gasteiger partial charge on any atom is -0.394 e. The van der Waals surface area contributed by atoms with E-state index in [1.54, 1.807) is 4.68 Å². The number of aliphatic hydroxyl groups excluding tert-OH is 2. The maximum Gasteiger partial charge on any atom is 0.184 e. The van der Waals surface area contributed by atoms with Crippen molar-refractivity contribution in [2.24, 2.45) is 0 Å². The molecule has 0 amide bonds. The maximum atomic E-state index is 10.6. The van der Waals surface area contributed by atoms with Crippen LogP contribution in [0.4, 0.5) is 0 Å². The summed E-state index contributed by atoms with van der Waals surface area (Å²) >= 11 is 0. The minimum atomic E-state index is -0.933. The van der Waals surface area contributed by atoms with Gasteiger partial charge in [-0.2, -0.15) is 5.10 Å². The highest BCUT2D eigenvalue weighted by Crippen LogP contribution is 2.23. The van der Waals surface area contributed by atoms with E-state index in [0.717, 1.165) is 5.65 Å². The summed E-state index contributed by atoms with van der Waals surface area (Å²) in [5.41, 5.74) is 2.14. The summed E-state index contributed by atoms with van der Waals surface area (Å²) in [5, 5.41) is 24.2. The van der Waals surface area contributed by atoms with Gasteiger partial charge in [0.05, 0.1) is 13.2 Å². The van der Waals surface area contributed by atoms with E-state index in [9.17, 15) is 10.2 Å². The van der Waals surface area contributed by atoms with Crippen molar-refractivity contribution in [2.45, 2.75) is 12.6 Å². The molecule has 0 unspecified atom stereocenters. The van der Waals surface area contributed by atoms with Crippen LogP contribution in [0.2, 0.25) is 0 Å². The molecule has 1 atom stereocenters. The summed E-state index contributed by atoms with van der Waals surface area (Å²) in [6.07, 6.45) is 2.82. The molecule has 7 heteroatoms. The van der Waals surface area contributed by atoms with Gasteiger partial charge in [0.2, 0.25) is 0 Å². The minimum absolute atomic E-state index is 0.0788. The first-order chi connectivity index (χ1) is 12.3. The monoisotopic (exact) mass is 335 g/mol. The Bertz CT molecular complexity index is 960. The molecule has 2 N–H and O–H groups in total. The van der Waals surface area contributed by atoms with E-state index in [4.69, 9.17) is 0 Å². The van der Waals surface area contributed by atoms with Crippen LogP contribution in [0.1, 0.15) is 17.5 Å². The highest BCUT2D eigenvalue weighted by atomic mass is 16.3. The van der Waals surface area contributed by atoms with Crippen LogP contribution in [0, 0.1) is 0 Å². The largest absolute Gasteiger partial charge is 0.394 e. The zero-order chi connectivity index (χ0) is 17.2. The molecule has 4 aromatic rings. The first-order valence-electron chi connectivity index (χ1n) is 7.99. The molecule has 7 nitrogen and oxygen atoms in total. The zero-order valence-corrected chi connectivity index (χ0v) is 13.4. The lowest BCUT2D eigenvalue weighted by Crippen LogP contribution is -2.07. The number of aliphatic hydroxyl groups is 2. The molecular formula is C18H17N5O2. The van der Waals surface area contributed by atoms with Crippen molar-refractivity contribution in [1.82, 2.24) is 24.1 Å². The predicted molar refractivity (Wildman–Crippen MR) is 91.8 cm³/mol. The van der Waals surface area contributed by atoms with Gasteiger partial charge in [-0.15, -0.1) is 0 Å². The van der Waals surface area contributed by atoms with E-state index in [1.165, 1.54) is 0 Å². The fourth-order valence-electron chi connectivity index (χ4n) is 2.74. The number of hydrogen-bond donors (Lipinski definition) is 2. The van der Waals surface area contributed by atoms with Gasteiger partial charge in [-0.3, -0.25) is 0 Å². The van der Waals surface area contributed by atoms with Gasteiger partial charge < -0.3 is 14.6 Å². The first kappa shape index (κ1) is 15.5. The second kappa shape index (κ2) is 6.46. The van der Waals surface area contributed by atoms with Gasteiger partial charge in [0.1, 0.15) is 17.4 Å². The van der Waals surface area contributed by atoms with Crippen LogP contribution >= 0.6 is 0 Å². The average molecular weight is 335 g/mol. The molecule has 0 saturated carbocycles. The second-order valence-corrected chi connectivity index (χ2v) is 5.65. The highest BCUT2D eigenvalue weighted by molar-refractivity contribution is 5.56. The Hall–Kier alpha value is -3.03. The maximum absolute atomic E-state index is 10.6. The molecular weight excluding hydrogens is 318 g/mol. The Kier molecular flexibility index (Phi) is 4.01. The van der Waals surface area contributed by atoms with E-state index in [0.29, 0.717) is 17.1 Å². The lowest BCUT2D eigenvalue weighted by Gasteiger charge is -2.05. The molecule has 0 bridgehead atoms. The lowest BCUT2D eigenvalue weighted by atomic mass is 10.1. The molecule has 1 aromatic carbocycles. The third-order valence-electron chi connectivity index (χ3n) is 3.95. The van der Waals surface area contributed by atoms with Gasteiger partial charge in [0.25, 0.3) is 0 Å². The van der Waals surface area contributed by atoms with Crippen LogP contribution in [0.15, 0.2) is 60.9 Å². The molecule has 3 heterocycles. The highest BCUT2D eigenvalue weighted by Gasteiger charge is 2.20. The molecule has 0 spiro atoms. The zero-order valence-electron chi connectivity index (χ0n) is 13.4. The third kappa shape index (κ3) is 2.90. The van der Waals surface area contributed by atoms with E-state index >= 15 is 0 Å². The van der Waals surface area contributed by atoms with Crippen LogP contribution in [0.5, 0.6) is 0 Å². The molecule has 0 radical (unpaired) electrons. The summed E-state index contributed by atoms with van der Waals surface area (Å²) in [6, 6.07) is 15.0. The van der Waals surface area contributed by atoms with E-state index in [1.807, 2.05) is 65.3 Å². The van der Waals surface area contributed by atoms with Gasteiger partial charge in [0, 0.05) is 12.4 Å². The smallest absolute Gasteiger partial charge is 0.184 e. The van der Waals surface area contributed by atoms with Crippen molar-refractivity contribution in [3.8, 4) is 11.5 Å². The number of hydrogen-bond acceptors (Lipinski definition) is 5. The average Bonchev–Trinajstić information content (AvgIpc) is 3.26. The second-order valence-electron chi connectivity index (χ2n) is 5.65. The first-order valence-corrected chi connectivity index (χ1v) is 7.99. The number of rotatable bonds is 5. The van der Waals surface area contributed by atoms with E-state index < -0.39 is 6.10 Å². The van der Waals surface area contributed by atoms with Crippen molar-refractivity contribution in [1.29, 1.82) is 0 Å². The molecule has 0 aliphatic carbocycles. The van der Waals surface area contributed by atoms with E-state index in [2.05, 4.69) is 15.1 Å². The lowest BCUT2D eigenvalue weighted by molar-refractivity contribution is 0.208. The predicted octanol–water partition coefficient (Wildman–Crippen LogP) is 1.67. The molecule has 3 aromatic heterocycles. The summed E-state index contributed by atoms with van der Waals surface area (Å²) < 4.78 is 3.46. The number of imidazole rings is 1. The molecule has 126 valence electrons. The number of fused-ring (bicyclic) bond motifs is 1. The summed E-state index contributed by atoms with van der Waals surface area (Å²) in [6.45, 7) is 0.197. The molecule has 25 heavy (non-hydrogen) atoms. The van der Waals surface area contributed by atoms with Crippen LogP contribution < -0.4 is 0 Å². The normalized spacial score (nSPS) is 12.6. The Morgan fingerprint density at radius 2 is 1.80 bits per heavy atom. The Labute approximate surface area is 143 Å². The summed E-state index contributed by atoms with van der Waals surface area (Å²) in [7, 11) is 0. The van der Waals surface area contributed by atoms with Crippen molar-refractivity contribution >= 4 is 5.65 Å². The van der Waals surface area contributed by atoms with Gasteiger partial charge in [0.15, 0.2) is 11.6 Å². The van der Waals surface area contributed by atoms with Crippen LogP contribution in [0.3, 0.4) is 0 Å². The number of nitrogens with zero attached hydrogens (tertiary/aromatic N) is 5. The quantitative estimate of drug-likeness (QED) is 0.579. The van der Waals surface area contributed by atoms with Gasteiger partial charge in [-0.1, -0.05) is 36.4 Å². The molecule has 0 aliphatic heterocycles. The Morgan fingerprint density at radius 1 is 1.00 bits per heavy atom. The van der Waals surface area contributed by atoms with Crippen LogP contribution in [-0.2, 0) is 6.54 Å². The Balaban J connectivity index is 1.77. The van der Waals surface area contributed by atoms with Gasteiger partial charge in [-0.05, 0) is 17.7 Å². The summed E-state index contributed by atoms with van der Waals surface area (Å²) in [5.74, 6) is 0.800. The fraction of sp³-hybridized carbons (Fsp3) is 0.167. The SMILES string of the molecule is OCCn1nc([C@H](O)c2ccccc2)nc1-c1cn2ccccc2n1. The van der Waals surface area contributed by atoms with E-state index in [-0.39, 0.29) is 19.0 Å². The molecule has 0 saturated heterocycles. The van der Waals surface area contributed by atoms with Crippen LogP contribution in [0.25, 0.3) is 17.2 Å². The topological polar surface area (TPSA) is 88.5 Å².